The van der Waals surface area contributed by atoms with Crippen LogP contribution in [-0.2, 0) is 4.79 Å². The van der Waals surface area contributed by atoms with Gasteiger partial charge in [0.25, 0.3) is 0 Å². The van der Waals surface area contributed by atoms with Gasteiger partial charge < -0.3 is 15.7 Å². The fraction of sp³-hybridized carbons (Fsp3) is 0.833. The Labute approximate surface area is 101 Å². The van der Waals surface area contributed by atoms with E-state index in [1.165, 1.54) is 4.90 Å². The molecule has 1 heterocycles. The minimum absolute atomic E-state index is 0.174. The number of carbonyl (C=O) groups is 2. The van der Waals surface area contributed by atoms with Crippen molar-refractivity contribution in [1.82, 2.24) is 4.90 Å². The summed E-state index contributed by atoms with van der Waals surface area (Å²) in [4.78, 5) is 24.1. The normalized spacial score (nSPS) is 37.2. The molecule has 0 radical (unpaired) electrons. The van der Waals surface area contributed by atoms with E-state index in [4.69, 9.17) is 10.8 Å². The van der Waals surface area contributed by atoms with Crippen LogP contribution in [0.5, 0.6) is 0 Å². The molecule has 3 N–H and O–H groups in total. The summed E-state index contributed by atoms with van der Waals surface area (Å²) in [6.07, 6.45) is 1.54. The fourth-order valence-electron chi connectivity index (χ4n) is 3.67. The number of nitrogens with zero attached hydrogens (tertiary/aromatic N) is 1. The Morgan fingerprint density at radius 2 is 2.18 bits per heavy atom. The Bertz CT molecular complexity index is 371. The quantitative estimate of drug-likeness (QED) is 0.779. The summed E-state index contributed by atoms with van der Waals surface area (Å²) >= 11 is 0. The van der Waals surface area contributed by atoms with Crippen molar-refractivity contribution in [3.05, 3.63) is 0 Å². The Hall–Kier alpha value is -1.26. The average Bonchev–Trinajstić information content (AvgIpc) is 2.70. The summed E-state index contributed by atoms with van der Waals surface area (Å²) in [5, 5.41) is 8.99. The Morgan fingerprint density at radius 3 is 2.59 bits per heavy atom. The van der Waals surface area contributed by atoms with Crippen LogP contribution in [0.3, 0.4) is 0 Å². The third-order valence-corrected chi connectivity index (χ3v) is 4.96. The van der Waals surface area contributed by atoms with Crippen molar-refractivity contribution in [2.75, 3.05) is 13.1 Å². The molecule has 0 aromatic heterocycles. The van der Waals surface area contributed by atoms with Crippen LogP contribution in [0.4, 0.5) is 4.79 Å². The molecule has 1 spiro atoms. The summed E-state index contributed by atoms with van der Waals surface area (Å²) in [5.41, 5.74) is 4.94. The largest absolute Gasteiger partial charge is 0.465 e. The van der Waals surface area contributed by atoms with E-state index in [0.717, 1.165) is 19.3 Å². The third-order valence-electron chi connectivity index (χ3n) is 4.96. The predicted octanol–water partition coefficient (Wildman–Crippen LogP) is 1.28. The lowest BCUT2D eigenvalue weighted by Crippen LogP contribution is -2.37. The first-order valence-electron chi connectivity index (χ1n) is 6.17. The van der Waals surface area contributed by atoms with Gasteiger partial charge in [0.05, 0.1) is 5.41 Å². The molecule has 1 saturated carbocycles. The molecular weight excluding hydrogens is 220 g/mol. The minimum Gasteiger partial charge on any atom is -0.465 e. The van der Waals surface area contributed by atoms with Crippen molar-refractivity contribution in [1.29, 1.82) is 0 Å². The fourth-order valence-corrected chi connectivity index (χ4v) is 3.67. The van der Waals surface area contributed by atoms with E-state index in [1.807, 2.05) is 13.8 Å². The highest BCUT2D eigenvalue weighted by molar-refractivity contribution is 5.86. The number of primary amides is 1. The first-order valence-corrected chi connectivity index (χ1v) is 6.17. The zero-order valence-electron chi connectivity index (χ0n) is 10.4. The second-order valence-corrected chi connectivity index (χ2v) is 5.56. The second kappa shape index (κ2) is 3.62. The number of hydrogen-bond donors (Lipinski definition) is 2. The van der Waals surface area contributed by atoms with Gasteiger partial charge in [0, 0.05) is 18.5 Å². The van der Waals surface area contributed by atoms with Crippen LogP contribution >= 0.6 is 0 Å². The van der Waals surface area contributed by atoms with Crippen LogP contribution in [0.1, 0.15) is 33.1 Å². The van der Waals surface area contributed by atoms with Crippen molar-refractivity contribution in [2.24, 2.45) is 22.5 Å². The number of carbonyl (C=O) groups excluding carboxylic acids is 1. The Balaban J connectivity index is 2.21. The van der Waals surface area contributed by atoms with Gasteiger partial charge >= 0.3 is 6.09 Å². The molecule has 96 valence electrons. The molecule has 2 rings (SSSR count). The van der Waals surface area contributed by atoms with Crippen LogP contribution in [-0.4, -0.2) is 35.1 Å². The number of likely N-dealkylation sites (tertiary alicyclic amines) is 1. The minimum atomic E-state index is -0.892. The average molecular weight is 240 g/mol. The van der Waals surface area contributed by atoms with E-state index < -0.39 is 11.5 Å². The highest BCUT2D eigenvalue weighted by Gasteiger charge is 2.74. The maximum absolute atomic E-state index is 11.8. The zero-order valence-corrected chi connectivity index (χ0v) is 10.4. The van der Waals surface area contributed by atoms with E-state index in [1.54, 1.807) is 0 Å². The van der Waals surface area contributed by atoms with E-state index in [0.29, 0.717) is 13.1 Å². The molecule has 1 aliphatic carbocycles. The van der Waals surface area contributed by atoms with Crippen LogP contribution in [0, 0.1) is 16.7 Å². The lowest BCUT2D eigenvalue weighted by atomic mass is 9.79. The van der Waals surface area contributed by atoms with Gasteiger partial charge in [0.1, 0.15) is 0 Å². The third kappa shape index (κ3) is 1.44. The van der Waals surface area contributed by atoms with E-state index >= 15 is 0 Å². The number of nitrogens with two attached hydrogens (primary N) is 1. The monoisotopic (exact) mass is 240 g/mol. The highest BCUT2D eigenvalue weighted by atomic mass is 16.4. The maximum atomic E-state index is 11.8. The van der Waals surface area contributed by atoms with E-state index in [2.05, 4.69) is 0 Å². The van der Waals surface area contributed by atoms with Gasteiger partial charge in [-0.2, -0.15) is 0 Å². The SMILES string of the molecule is CCC(C)C1(C(N)=O)CC12CCN(C(=O)O)C2. The van der Waals surface area contributed by atoms with Crippen molar-refractivity contribution in [3.8, 4) is 0 Å². The molecule has 5 heteroatoms. The van der Waals surface area contributed by atoms with Crippen LogP contribution in [0.2, 0.25) is 0 Å². The molecule has 2 amide bonds. The van der Waals surface area contributed by atoms with Crippen molar-refractivity contribution < 1.29 is 14.7 Å². The van der Waals surface area contributed by atoms with Gasteiger partial charge in [-0.1, -0.05) is 20.3 Å². The summed E-state index contributed by atoms with van der Waals surface area (Å²) in [5.74, 6) is -0.0205. The molecule has 0 aromatic rings. The maximum Gasteiger partial charge on any atom is 0.407 e. The van der Waals surface area contributed by atoms with Crippen molar-refractivity contribution in [3.63, 3.8) is 0 Å². The van der Waals surface area contributed by atoms with Crippen LogP contribution in [0.15, 0.2) is 0 Å². The smallest absolute Gasteiger partial charge is 0.407 e. The first kappa shape index (κ1) is 12.2. The van der Waals surface area contributed by atoms with Crippen molar-refractivity contribution in [2.45, 2.75) is 33.1 Å². The molecule has 3 unspecified atom stereocenters. The van der Waals surface area contributed by atoms with Gasteiger partial charge in [-0.05, 0) is 18.8 Å². The van der Waals surface area contributed by atoms with Crippen LogP contribution < -0.4 is 5.73 Å². The van der Waals surface area contributed by atoms with Gasteiger partial charge in [-0.25, -0.2) is 4.79 Å². The Kier molecular flexibility index (Phi) is 2.60. The number of hydrogen-bond acceptors (Lipinski definition) is 2. The summed E-state index contributed by atoms with van der Waals surface area (Å²) in [7, 11) is 0. The molecule has 2 aliphatic rings. The number of carboxylic acid groups (broad SMARTS) is 1. The summed E-state index contributed by atoms with van der Waals surface area (Å²) < 4.78 is 0. The molecule has 3 atom stereocenters. The van der Waals surface area contributed by atoms with E-state index in [-0.39, 0.29) is 17.2 Å². The number of amides is 2. The molecular formula is C12H20N2O3. The zero-order chi connectivity index (χ0) is 12.8. The molecule has 2 fully saturated rings. The van der Waals surface area contributed by atoms with E-state index in [9.17, 15) is 9.59 Å². The predicted molar refractivity (Wildman–Crippen MR) is 62.3 cm³/mol. The van der Waals surface area contributed by atoms with Gasteiger partial charge in [-0.3, -0.25) is 4.79 Å². The molecule has 5 nitrogen and oxygen atoms in total. The van der Waals surface area contributed by atoms with Crippen LogP contribution in [0.25, 0.3) is 0 Å². The summed E-state index contributed by atoms with van der Waals surface area (Å²) in [6.45, 7) is 5.09. The summed E-state index contributed by atoms with van der Waals surface area (Å²) in [6, 6.07) is 0. The lowest BCUT2D eigenvalue weighted by molar-refractivity contribution is -0.126. The molecule has 0 aromatic carbocycles. The van der Waals surface area contributed by atoms with Gasteiger partial charge in [-0.15, -0.1) is 0 Å². The topological polar surface area (TPSA) is 83.6 Å². The molecule has 1 aliphatic heterocycles. The molecule has 0 bridgehead atoms. The lowest BCUT2D eigenvalue weighted by Gasteiger charge is -2.25. The first-order chi connectivity index (χ1) is 7.89. The molecule has 17 heavy (non-hydrogen) atoms. The van der Waals surface area contributed by atoms with Gasteiger partial charge in [0.2, 0.25) is 5.91 Å². The van der Waals surface area contributed by atoms with Gasteiger partial charge in [0.15, 0.2) is 0 Å². The second-order valence-electron chi connectivity index (χ2n) is 5.56. The van der Waals surface area contributed by atoms with Crippen molar-refractivity contribution >= 4 is 12.0 Å². The number of rotatable bonds is 3. The standard InChI is InChI=1S/C12H20N2O3/c1-3-8(2)12(9(13)15)6-11(12)4-5-14(7-11)10(16)17/h8H,3-7H2,1-2H3,(H2,13,15)(H,16,17). The Morgan fingerprint density at radius 1 is 1.53 bits per heavy atom. The molecule has 1 saturated heterocycles. The highest BCUT2D eigenvalue weighted by Crippen LogP contribution is 2.71.